The summed E-state index contributed by atoms with van der Waals surface area (Å²) in [7, 11) is -3.77. The molecule has 0 spiro atoms. The molecule has 0 bridgehead atoms. The number of carbonyl (C=O) groups excluding carboxylic acids is 1. The molecule has 0 aliphatic carbocycles. The fourth-order valence-corrected chi connectivity index (χ4v) is 4.72. The molecule has 0 saturated heterocycles. The van der Waals surface area contributed by atoms with Crippen molar-refractivity contribution < 1.29 is 26.4 Å². The first-order chi connectivity index (χ1) is 14.1. The molecule has 156 valence electrons. The van der Waals surface area contributed by atoms with Crippen LogP contribution in [-0.2, 0) is 16.0 Å². The van der Waals surface area contributed by atoms with Crippen LogP contribution >= 0.6 is 11.3 Å². The summed E-state index contributed by atoms with van der Waals surface area (Å²) < 4.78 is 62.7. The molecule has 3 rings (SSSR count). The van der Waals surface area contributed by atoms with Gasteiger partial charge in [-0.3, -0.25) is 4.79 Å². The van der Waals surface area contributed by atoms with Crippen molar-refractivity contribution in [3.05, 3.63) is 76.3 Å². The predicted octanol–water partition coefficient (Wildman–Crippen LogP) is 4.07. The molecular weight excluding hydrogens is 439 g/mol. The number of benzene rings is 2. The highest BCUT2D eigenvalue weighted by Gasteiger charge is 2.30. The van der Waals surface area contributed by atoms with Gasteiger partial charge in [-0.25, -0.2) is 18.8 Å². The minimum absolute atomic E-state index is 0.00732. The molecule has 2 aromatic carbocycles. The lowest BCUT2D eigenvalue weighted by Gasteiger charge is -2.06. The summed E-state index contributed by atoms with van der Waals surface area (Å²) in [5.74, 6) is -0.711. The number of thiazole rings is 1. The molecule has 1 amide bonds. The number of aromatic nitrogens is 1. The first kappa shape index (κ1) is 21.7. The zero-order valence-corrected chi connectivity index (χ0v) is 17.0. The first-order valence-electron chi connectivity index (χ1n) is 8.35. The largest absolute Gasteiger partial charge is 0.416 e. The van der Waals surface area contributed by atoms with E-state index in [1.807, 2.05) is 6.92 Å². The molecule has 0 fully saturated rings. The molecular formula is C19H14F3N3O3S2. The summed E-state index contributed by atoms with van der Waals surface area (Å²) in [4.78, 5) is 16.3. The minimum atomic E-state index is -4.49. The molecule has 3 aromatic rings. The molecule has 1 heterocycles. The number of hydrogen-bond donors (Lipinski definition) is 1. The normalized spacial score (nSPS) is 12.3. The third kappa shape index (κ3) is 4.92. The lowest BCUT2D eigenvalue weighted by Crippen LogP contribution is -2.17. The summed E-state index contributed by atoms with van der Waals surface area (Å²) in [6.45, 7) is 1.84. The topological polar surface area (TPSA) is 88.5 Å². The van der Waals surface area contributed by atoms with Crippen LogP contribution in [0.25, 0.3) is 0 Å². The number of rotatable bonds is 5. The number of alkyl halides is 3. The van der Waals surface area contributed by atoms with Gasteiger partial charge in [0.15, 0.2) is 0 Å². The van der Waals surface area contributed by atoms with E-state index in [4.69, 9.17) is 0 Å². The van der Waals surface area contributed by atoms with Gasteiger partial charge in [0.2, 0.25) is 14.2 Å². The monoisotopic (exact) mass is 453 g/mol. The van der Waals surface area contributed by atoms with Crippen molar-refractivity contribution in [2.24, 2.45) is 5.10 Å². The van der Waals surface area contributed by atoms with Gasteiger partial charge in [-0.05, 0) is 43.3 Å². The number of nitrogens with one attached hydrogen (secondary N) is 1. The maximum atomic E-state index is 12.6. The minimum Gasteiger partial charge on any atom is -0.267 e. The van der Waals surface area contributed by atoms with Gasteiger partial charge in [0.1, 0.15) is 0 Å². The standard InChI is InChI=1S/C19H14F3N3O3S2/c1-12-2-8-16(9-3-12)30(27,28)18-23-10-15(29-18)11-24-25-17(26)13-4-6-14(7-5-13)19(20,21)22/h2-11H,1H3,(H,25,26). The highest BCUT2D eigenvalue weighted by atomic mass is 32.2. The molecule has 0 atom stereocenters. The van der Waals surface area contributed by atoms with Crippen molar-refractivity contribution in [2.75, 3.05) is 0 Å². The van der Waals surface area contributed by atoms with Gasteiger partial charge in [0, 0.05) is 11.8 Å². The van der Waals surface area contributed by atoms with Gasteiger partial charge < -0.3 is 0 Å². The molecule has 0 radical (unpaired) electrons. The third-order valence-electron chi connectivity index (χ3n) is 3.90. The average Bonchev–Trinajstić information content (AvgIpc) is 3.17. The van der Waals surface area contributed by atoms with Crippen molar-refractivity contribution in [1.82, 2.24) is 10.4 Å². The molecule has 6 nitrogen and oxygen atoms in total. The van der Waals surface area contributed by atoms with Crippen LogP contribution in [0.2, 0.25) is 0 Å². The number of sulfone groups is 1. The van der Waals surface area contributed by atoms with Gasteiger partial charge in [-0.15, -0.1) is 11.3 Å². The Kier molecular flexibility index (Phi) is 6.04. The Labute approximate surface area is 174 Å². The predicted molar refractivity (Wildman–Crippen MR) is 105 cm³/mol. The van der Waals surface area contributed by atoms with Crippen LogP contribution in [0.5, 0.6) is 0 Å². The number of hydrogen-bond acceptors (Lipinski definition) is 6. The molecule has 0 aliphatic heterocycles. The maximum absolute atomic E-state index is 12.6. The molecule has 1 N–H and O–H groups in total. The van der Waals surface area contributed by atoms with E-state index >= 15 is 0 Å². The van der Waals surface area contributed by atoms with Gasteiger partial charge in [0.05, 0.1) is 21.6 Å². The van der Waals surface area contributed by atoms with Crippen LogP contribution < -0.4 is 5.43 Å². The Bertz CT molecular complexity index is 1180. The van der Waals surface area contributed by atoms with E-state index < -0.39 is 27.5 Å². The van der Waals surface area contributed by atoms with Crippen molar-refractivity contribution in [2.45, 2.75) is 22.3 Å². The average molecular weight is 453 g/mol. The number of carbonyl (C=O) groups is 1. The van der Waals surface area contributed by atoms with E-state index in [-0.39, 0.29) is 14.8 Å². The second-order valence-electron chi connectivity index (χ2n) is 6.12. The van der Waals surface area contributed by atoms with Crippen molar-refractivity contribution >= 4 is 33.3 Å². The van der Waals surface area contributed by atoms with Crippen LogP contribution in [0, 0.1) is 6.92 Å². The summed E-state index contributed by atoms with van der Waals surface area (Å²) in [5, 5.41) is 3.70. The molecule has 0 aliphatic rings. The molecule has 1 aromatic heterocycles. The molecule has 11 heteroatoms. The van der Waals surface area contributed by atoms with Crippen molar-refractivity contribution in [3.8, 4) is 0 Å². The van der Waals surface area contributed by atoms with Crippen molar-refractivity contribution in [3.63, 3.8) is 0 Å². The summed E-state index contributed by atoms with van der Waals surface area (Å²) >= 11 is 0.866. The Balaban J connectivity index is 1.67. The van der Waals surface area contributed by atoms with Crippen molar-refractivity contribution in [1.29, 1.82) is 0 Å². The SMILES string of the molecule is Cc1ccc(S(=O)(=O)c2ncc(C=NNC(=O)c3ccc(C(F)(F)F)cc3)s2)cc1. The van der Waals surface area contributed by atoms with E-state index in [1.54, 1.807) is 12.1 Å². The number of halogens is 3. The quantitative estimate of drug-likeness (QED) is 0.466. The summed E-state index contributed by atoms with van der Waals surface area (Å²) in [6, 6.07) is 10.0. The summed E-state index contributed by atoms with van der Waals surface area (Å²) in [6.07, 6.45) is -2.00. The van der Waals surface area contributed by atoms with Crippen LogP contribution in [0.1, 0.15) is 26.4 Å². The van der Waals surface area contributed by atoms with Gasteiger partial charge >= 0.3 is 6.18 Å². The number of nitrogens with zero attached hydrogens (tertiary/aromatic N) is 2. The van der Waals surface area contributed by atoms with Gasteiger partial charge in [-0.1, -0.05) is 17.7 Å². The Morgan fingerprint density at radius 3 is 2.33 bits per heavy atom. The Hall–Kier alpha value is -3.05. The Morgan fingerprint density at radius 2 is 1.73 bits per heavy atom. The van der Waals surface area contributed by atoms with Crippen LogP contribution in [-0.4, -0.2) is 25.5 Å². The fourth-order valence-electron chi connectivity index (χ4n) is 2.30. The van der Waals surface area contributed by atoms with Gasteiger partial charge in [0.25, 0.3) is 5.91 Å². The lowest BCUT2D eigenvalue weighted by atomic mass is 10.1. The maximum Gasteiger partial charge on any atom is 0.416 e. The van der Waals surface area contributed by atoms with Crippen LogP contribution in [0.15, 0.2) is 69.1 Å². The highest BCUT2D eigenvalue weighted by molar-refractivity contribution is 7.93. The zero-order chi connectivity index (χ0) is 21.9. The van der Waals surface area contributed by atoms with E-state index in [0.29, 0.717) is 4.88 Å². The lowest BCUT2D eigenvalue weighted by molar-refractivity contribution is -0.137. The smallest absolute Gasteiger partial charge is 0.267 e. The molecule has 30 heavy (non-hydrogen) atoms. The van der Waals surface area contributed by atoms with Crippen LogP contribution in [0.4, 0.5) is 13.2 Å². The second kappa shape index (κ2) is 8.36. The van der Waals surface area contributed by atoms with E-state index in [1.165, 1.54) is 24.5 Å². The molecule has 0 saturated carbocycles. The first-order valence-corrected chi connectivity index (χ1v) is 10.7. The molecule has 0 unspecified atom stereocenters. The number of hydrazone groups is 1. The number of aryl methyl sites for hydroxylation is 1. The summed E-state index contributed by atoms with van der Waals surface area (Å²) in [5.41, 5.74) is 2.22. The Morgan fingerprint density at radius 1 is 1.10 bits per heavy atom. The van der Waals surface area contributed by atoms with E-state index in [0.717, 1.165) is 41.2 Å². The highest BCUT2D eigenvalue weighted by Crippen LogP contribution is 2.29. The zero-order valence-electron chi connectivity index (χ0n) is 15.3. The fraction of sp³-hybridized carbons (Fsp3) is 0.105. The third-order valence-corrected chi connectivity index (χ3v) is 6.99. The number of amides is 1. The van der Waals surface area contributed by atoms with E-state index in [9.17, 15) is 26.4 Å². The van der Waals surface area contributed by atoms with Crippen LogP contribution in [0.3, 0.4) is 0 Å². The van der Waals surface area contributed by atoms with Gasteiger partial charge in [-0.2, -0.15) is 18.3 Å². The van der Waals surface area contributed by atoms with E-state index in [2.05, 4.69) is 15.5 Å². The second-order valence-corrected chi connectivity index (χ2v) is 9.30.